The Balaban J connectivity index is 2.16. The first-order valence-corrected chi connectivity index (χ1v) is 5.68. The summed E-state index contributed by atoms with van der Waals surface area (Å²) in [5, 5.41) is 8.72. The van der Waals surface area contributed by atoms with Gasteiger partial charge in [-0.1, -0.05) is 18.2 Å². The number of nitriles is 1. The molecule has 0 saturated carbocycles. The molecule has 3 nitrogen and oxygen atoms in total. The number of hydrogen-bond donors (Lipinski definition) is 0. The molecule has 0 heterocycles. The van der Waals surface area contributed by atoms with E-state index in [1.54, 1.807) is 12.1 Å². The summed E-state index contributed by atoms with van der Waals surface area (Å²) >= 11 is 0. The number of rotatable bonds is 7. The van der Waals surface area contributed by atoms with E-state index in [0.29, 0.717) is 25.4 Å². The zero-order chi connectivity index (χ0) is 12.3. The molecular weight excluding hydrogens is 214 g/mol. The van der Waals surface area contributed by atoms with Crippen molar-refractivity contribution in [1.82, 2.24) is 0 Å². The number of hydrogen-bond acceptors (Lipinski definition) is 3. The van der Waals surface area contributed by atoms with Crippen LogP contribution >= 0.6 is 0 Å². The van der Waals surface area contributed by atoms with Gasteiger partial charge in [0.05, 0.1) is 31.5 Å². The number of allylic oxidation sites excluding steroid dienone is 1. The first kappa shape index (κ1) is 13.3. The summed E-state index contributed by atoms with van der Waals surface area (Å²) in [6.45, 7) is 3.90. The fourth-order valence-corrected chi connectivity index (χ4v) is 1.25. The van der Waals surface area contributed by atoms with Gasteiger partial charge in [-0.2, -0.15) is 5.26 Å². The van der Waals surface area contributed by atoms with Gasteiger partial charge in [-0.25, -0.2) is 0 Å². The van der Waals surface area contributed by atoms with E-state index in [1.165, 1.54) is 0 Å². The highest BCUT2D eigenvalue weighted by Crippen LogP contribution is 2.12. The third-order valence-electron chi connectivity index (χ3n) is 2.11. The van der Waals surface area contributed by atoms with Crippen LogP contribution in [0, 0.1) is 11.3 Å². The van der Waals surface area contributed by atoms with Crippen molar-refractivity contribution in [3.63, 3.8) is 0 Å². The lowest BCUT2D eigenvalue weighted by Crippen LogP contribution is -2.03. The molecule has 3 heteroatoms. The van der Waals surface area contributed by atoms with Gasteiger partial charge in [0.15, 0.2) is 0 Å². The molecule has 0 amide bonds. The molecule has 1 aromatic carbocycles. The molecule has 0 radical (unpaired) electrons. The Morgan fingerprint density at radius 3 is 3.00 bits per heavy atom. The van der Waals surface area contributed by atoms with Crippen molar-refractivity contribution < 1.29 is 9.47 Å². The number of benzene rings is 1. The highest BCUT2D eigenvalue weighted by molar-refractivity contribution is 5.36. The van der Waals surface area contributed by atoms with Crippen molar-refractivity contribution in [2.24, 2.45) is 0 Å². The van der Waals surface area contributed by atoms with Gasteiger partial charge < -0.3 is 9.47 Å². The fraction of sp³-hybridized carbons (Fsp3) is 0.357. The summed E-state index contributed by atoms with van der Waals surface area (Å²) in [5.74, 6) is 0.734. The zero-order valence-electron chi connectivity index (χ0n) is 10.1. The first-order chi connectivity index (χ1) is 8.36. The molecule has 0 aromatic heterocycles. The van der Waals surface area contributed by atoms with Gasteiger partial charge in [-0.15, -0.1) is 0 Å². The van der Waals surface area contributed by atoms with Gasteiger partial charge in [-0.05, 0) is 25.1 Å². The van der Waals surface area contributed by atoms with E-state index in [9.17, 15) is 0 Å². The Bertz CT molecular complexity index is 393. The average Bonchev–Trinajstić information content (AvgIpc) is 2.38. The Hall–Kier alpha value is -1.79. The Morgan fingerprint density at radius 2 is 2.24 bits per heavy atom. The van der Waals surface area contributed by atoms with Gasteiger partial charge in [0.25, 0.3) is 0 Å². The Labute approximate surface area is 102 Å². The maximum Gasteiger partial charge on any atom is 0.120 e. The highest BCUT2D eigenvalue weighted by Gasteiger charge is 1.95. The van der Waals surface area contributed by atoms with E-state index in [1.807, 2.05) is 31.2 Å². The van der Waals surface area contributed by atoms with Gasteiger partial charge in [0.2, 0.25) is 0 Å². The van der Waals surface area contributed by atoms with Crippen LogP contribution in [0.5, 0.6) is 5.75 Å². The van der Waals surface area contributed by atoms with Gasteiger partial charge in [0.1, 0.15) is 5.75 Å². The lowest BCUT2D eigenvalue weighted by Gasteiger charge is -2.06. The second kappa shape index (κ2) is 8.37. The predicted molar refractivity (Wildman–Crippen MR) is 66.9 cm³/mol. The first-order valence-electron chi connectivity index (χ1n) is 5.68. The average molecular weight is 231 g/mol. The maximum absolute atomic E-state index is 8.72. The third-order valence-corrected chi connectivity index (χ3v) is 2.11. The molecule has 0 aliphatic rings. The summed E-state index contributed by atoms with van der Waals surface area (Å²) in [4.78, 5) is 0. The molecule has 0 spiro atoms. The smallest absolute Gasteiger partial charge is 0.120 e. The normalized spacial score (nSPS) is 10.4. The van der Waals surface area contributed by atoms with Crippen LogP contribution in [0.15, 0.2) is 36.4 Å². The minimum atomic E-state index is 0.602. The van der Waals surface area contributed by atoms with Crippen LogP contribution in [0.4, 0.5) is 0 Å². The quantitative estimate of drug-likeness (QED) is 0.535. The lowest BCUT2D eigenvalue weighted by molar-refractivity contribution is 0.143. The lowest BCUT2D eigenvalue weighted by atomic mass is 10.2. The van der Waals surface area contributed by atoms with E-state index >= 15 is 0 Å². The molecule has 0 bridgehead atoms. The topological polar surface area (TPSA) is 42.2 Å². The molecule has 17 heavy (non-hydrogen) atoms. The van der Waals surface area contributed by atoms with Crippen molar-refractivity contribution in [1.29, 1.82) is 5.26 Å². The predicted octanol–water partition coefficient (Wildman–Crippen LogP) is 2.92. The van der Waals surface area contributed by atoms with Crippen molar-refractivity contribution >= 4 is 0 Å². The summed E-state index contributed by atoms with van der Waals surface area (Å²) in [7, 11) is 0. The summed E-state index contributed by atoms with van der Waals surface area (Å²) in [6, 6.07) is 9.24. The van der Waals surface area contributed by atoms with Gasteiger partial charge >= 0.3 is 0 Å². The second-order valence-electron chi connectivity index (χ2n) is 3.49. The van der Waals surface area contributed by atoms with Crippen molar-refractivity contribution in [2.75, 3.05) is 19.8 Å². The largest absolute Gasteiger partial charge is 0.493 e. The molecule has 0 N–H and O–H groups in total. The fourth-order valence-electron chi connectivity index (χ4n) is 1.25. The van der Waals surface area contributed by atoms with E-state index in [2.05, 4.69) is 6.07 Å². The molecule has 0 saturated heterocycles. The molecule has 1 aromatic rings. The maximum atomic E-state index is 8.72. The van der Waals surface area contributed by atoms with Crippen molar-refractivity contribution in [3.8, 4) is 11.8 Å². The van der Waals surface area contributed by atoms with Crippen LogP contribution in [-0.2, 0) is 4.74 Å². The molecular formula is C14H17NO2. The van der Waals surface area contributed by atoms with Crippen LogP contribution in [0.3, 0.4) is 0 Å². The molecule has 0 atom stereocenters. The van der Waals surface area contributed by atoms with Crippen LogP contribution < -0.4 is 4.74 Å². The monoisotopic (exact) mass is 231 g/mol. The van der Waals surface area contributed by atoms with E-state index in [0.717, 1.165) is 12.2 Å². The molecule has 90 valence electrons. The minimum absolute atomic E-state index is 0.602. The van der Waals surface area contributed by atoms with Crippen LogP contribution in [0.1, 0.15) is 18.9 Å². The number of ether oxygens (including phenoxy) is 2. The van der Waals surface area contributed by atoms with E-state index in [4.69, 9.17) is 14.7 Å². The Morgan fingerprint density at radius 1 is 1.35 bits per heavy atom. The van der Waals surface area contributed by atoms with Crippen molar-refractivity contribution in [3.05, 3.63) is 42.0 Å². The molecule has 0 fully saturated rings. The van der Waals surface area contributed by atoms with E-state index in [-0.39, 0.29) is 0 Å². The summed E-state index contributed by atoms with van der Waals surface area (Å²) in [6.07, 6.45) is 4.77. The zero-order valence-corrected chi connectivity index (χ0v) is 10.1. The minimum Gasteiger partial charge on any atom is -0.493 e. The molecule has 0 aliphatic carbocycles. The highest BCUT2D eigenvalue weighted by atomic mass is 16.5. The Kier molecular flexibility index (Phi) is 6.54. The van der Waals surface area contributed by atoms with Crippen LogP contribution in [0.2, 0.25) is 0 Å². The summed E-state index contributed by atoms with van der Waals surface area (Å²) < 4.78 is 10.8. The number of nitrogens with zero attached hydrogens (tertiary/aromatic N) is 1. The molecule has 1 rings (SSSR count). The van der Waals surface area contributed by atoms with Gasteiger partial charge in [0, 0.05) is 6.42 Å². The second-order valence-corrected chi connectivity index (χ2v) is 3.49. The SMILES string of the molecule is CC=CCOCCCOc1cccc(C#N)c1. The standard InChI is InChI=1S/C14H17NO2/c1-2-3-8-16-9-5-10-17-14-7-4-6-13(11-14)12-15/h2-4,6-7,11H,5,8-10H2,1H3. The van der Waals surface area contributed by atoms with Crippen LogP contribution in [-0.4, -0.2) is 19.8 Å². The van der Waals surface area contributed by atoms with Gasteiger partial charge in [-0.3, -0.25) is 0 Å². The van der Waals surface area contributed by atoms with E-state index < -0.39 is 0 Å². The van der Waals surface area contributed by atoms with Crippen LogP contribution in [0.25, 0.3) is 0 Å². The molecule has 0 unspecified atom stereocenters. The molecule has 0 aliphatic heterocycles. The van der Waals surface area contributed by atoms with Crippen molar-refractivity contribution in [2.45, 2.75) is 13.3 Å². The third kappa shape index (κ3) is 5.74. The summed E-state index contributed by atoms with van der Waals surface area (Å²) in [5.41, 5.74) is 0.617.